The monoisotopic (exact) mass is 272 g/mol. The lowest BCUT2D eigenvalue weighted by molar-refractivity contribution is -0.00588. The Morgan fingerprint density at radius 1 is 0.950 bits per heavy atom. The van der Waals surface area contributed by atoms with Crippen LogP contribution in [0.15, 0.2) is 0 Å². The number of aryl methyl sites for hydroxylation is 1. The van der Waals surface area contributed by atoms with E-state index in [1.54, 1.807) is 0 Å². The van der Waals surface area contributed by atoms with Gasteiger partial charge in [-0.3, -0.25) is 0 Å². The Balaban J connectivity index is 1.70. The van der Waals surface area contributed by atoms with Crippen molar-refractivity contribution in [1.82, 2.24) is 15.0 Å². The molecule has 108 valence electrons. The lowest BCUT2D eigenvalue weighted by Gasteiger charge is -2.53. The van der Waals surface area contributed by atoms with Crippen molar-refractivity contribution in [3.8, 4) is 0 Å². The van der Waals surface area contributed by atoms with Crippen LogP contribution in [0.4, 0.5) is 0 Å². The number of nitrogens with zero attached hydrogens (tertiary/aromatic N) is 3. The van der Waals surface area contributed by atoms with E-state index in [9.17, 15) is 0 Å². The van der Waals surface area contributed by atoms with Gasteiger partial charge in [-0.15, -0.1) is 0 Å². The van der Waals surface area contributed by atoms with Crippen molar-refractivity contribution >= 4 is 0 Å². The van der Waals surface area contributed by atoms with Crippen LogP contribution in [0.2, 0.25) is 0 Å². The molecule has 4 aliphatic carbocycles. The van der Waals surface area contributed by atoms with E-state index < -0.39 is 0 Å². The topological polar surface area (TPSA) is 64.7 Å². The van der Waals surface area contributed by atoms with Gasteiger partial charge in [0, 0.05) is 5.92 Å². The van der Waals surface area contributed by atoms with Gasteiger partial charge in [-0.25, -0.2) is 15.0 Å². The highest BCUT2D eigenvalue weighted by Gasteiger charge is 2.49. The van der Waals surface area contributed by atoms with Crippen molar-refractivity contribution in [2.45, 2.75) is 57.9 Å². The van der Waals surface area contributed by atoms with Gasteiger partial charge in [-0.05, 0) is 69.6 Å². The predicted octanol–water partition coefficient (Wildman–Crippen LogP) is 2.74. The standard InChI is InChI=1S/C16H24N4/c1-8(17)15-18-9(2)19-16(20-15)14-12-4-10-3-11(6-12)7-13(14)5-10/h8,10-14H,3-7,17H2,1-2H3. The first-order valence-corrected chi connectivity index (χ1v) is 8.08. The van der Waals surface area contributed by atoms with E-state index in [1.165, 1.54) is 32.1 Å². The molecule has 4 saturated carbocycles. The van der Waals surface area contributed by atoms with Crippen LogP contribution in [0.25, 0.3) is 0 Å². The van der Waals surface area contributed by atoms with Crippen molar-refractivity contribution in [3.05, 3.63) is 17.5 Å². The number of rotatable bonds is 2. The van der Waals surface area contributed by atoms with Crippen LogP contribution in [-0.4, -0.2) is 15.0 Å². The van der Waals surface area contributed by atoms with Crippen molar-refractivity contribution in [3.63, 3.8) is 0 Å². The van der Waals surface area contributed by atoms with Crippen LogP contribution < -0.4 is 5.73 Å². The third-order valence-electron chi connectivity index (χ3n) is 5.71. The van der Waals surface area contributed by atoms with Crippen LogP contribution in [0.3, 0.4) is 0 Å². The first-order valence-electron chi connectivity index (χ1n) is 8.08. The summed E-state index contributed by atoms with van der Waals surface area (Å²) in [6.07, 6.45) is 7.08. The third-order valence-corrected chi connectivity index (χ3v) is 5.71. The third kappa shape index (κ3) is 1.96. The lowest BCUT2D eigenvalue weighted by atomic mass is 9.51. The summed E-state index contributed by atoms with van der Waals surface area (Å²) >= 11 is 0. The number of hydrogen-bond acceptors (Lipinski definition) is 4. The second-order valence-corrected chi connectivity index (χ2v) is 7.34. The summed E-state index contributed by atoms with van der Waals surface area (Å²) < 4.78 is 0. The van der Waals surface area contributed by atoms with E-state index >= 15 is 0 Å². The molecule has 0 aromatic carbocycles. The molecule has 4 heteroatoms. The van der Waals surface area contributed by atoms with E-state index in [1.807, 2.05) is 13.8 Å². The molecule has 1 heterocycles. The zero-order chi connectivity index (χ0) is 13.9. The minimum Gasteiger partial charge on any atom is -0.322 e. The van der Waals surface area contributed by atoms with Crippen molar-refractivity contribution < 1.29 is 0 Å². The summed E-state index contributed by atoms with van der Waals surface area (Å²) in [6.45, 7) is 3.92. The van der Waals surface area contributed by atoms with E-state index in [4.69, 9.17) is 10.7 Å². The molecule has 4 aliphatic rings. The molecular formula is C16H24N4. The van der Waals surface area contributed by atoms with E-state index in [0.717, 1.165) is 41.1 Å². The van der Waals surface area contributed by atoms with Gasteiger partial charge in [-0.1, -0.05) is 0 Å². The number of aromatic nitrogens is 3. The zero-order valence-electron chi connectivity index (χ0n) is 12.4. The summed E-state index contributed by atoms with van der Waals surface area (Å²) in [6, 6.07) is -0.104. The summed E-state index contributed by atoms with van der Waals surface area (Å²) in [4.78, 5) is 13.8. The maximum absolute atomic E-state index is 5.97. The van der Waals surface area contributed by atoms with Crippen LogP contribution in [0.5, 0.6) is 0 Å². The Bertz CT molecular complexity index is 497. The summed E-state index contributed by atoms with van der Waals surface area (Å²) in [7, 11) is 0. The predicted molar refractivity (Wildman–Crippen MR) is 77.0 cm³/mol. The Kier molecular flexibility index (Phi) is 2.85. The molecule has 4 fully saturated rings. The highest BCUT2D eigenvalue weighted by Crippen LogP contribution is 2.59. The summed E-state index contributed by atoms with van der Waals surface area (Å²) in [5.74, 6) is 6.81. The number of hydrogen-bond donors (Lipinski definition) is 1. The summed E-state index contributed by atoms with van der Waals surface area (Å²) in [5, 5.41) is 0. The van der Waals surface area contributed by atoms with E-state index in [-0.39, 0.29) is 6.04 Å². The molecule has 1 aromatic rings. The molecule has 0 aliphatic heterocycles. The molecule has 0 amide bonds. The highest BCUT2D eigenvalue weighted by molar-refractivity contribution is 5.13. The zero-order valence-corrected chi connectivity index (χ0v) is 12.4. The minimum absolute atomic E-state index is 0.104. The Labute approximate surface area is 120 Å². The average Bonchev–Trinajstić information content (AvgIpc) is 2.36. The Hall–Kier alpha value is -1.03. The molecule has 0 saturated heterocycles. The molecule has 2 N–H and O–H groups in total. The second-order valence-electron chi connectivity index (χ2n) is 7.34. The van der Waals surface area contributed by atoms with Gasteiger partial charge in [0.1, 0.15) is 17.5 Å². The number of nitrogens with two attached hydrogens (primary N) is 1. The van der Waals surface area contributed by atoms with Gasteiger partial charge in [0.25, 0.3) is 0 Å². The first kappa shape index (κ1) is 12.7. The molecule has 1 aromatic heterocycles. The largest absolute Gasteiger partial charge is 0.322 e. The normalized spacial score (nSPS) is 40.0. The Morgan fingerprint density at radius 2 is 1.55 bits per heavy atom. The summed E-state index contributed by atoms with van der Waals surface area (Å²) in [5.41, 5.74) is 5.97. The van der Waals surface area contributed by atoms with Crippen LogP contribution in [0, 0.1) is 30.6 Å². The molecule has 0 spiro atoms. The lowest BCUT2D eigenvalue weighted by Crippen LogP contribution is -2.44. The van der Waals surface area contributed by atoms with E-state index in [0.29, 0.717) is 5.92 Å². The van der Waals surface area contributed by atoms with Gasteiger partial charge < -0.3 is 5.73 Å². The fourth-order valence-corrected chi connectivity index (χ4v) is 5.22. The maximum Gasteiger partial charge on any atom is 0.149 e. The fourth-order valence-electron chi connectivity index (χ4n) is 5.22. The quantitative estimate of drug-likeness (QED) is 0.899. The second kappa shape index (κ2) is 4.48. The smallest absolute Gasteiger partial charge is 0.149 e. The molecule has 4 bridgehead atoms. The highest BCUT2D eigenvalue weighted by atomic mass is 15.1. The van der Waals surface area contributed by atoms with Gasteiger partial charge in [0.2, 0.25) is 0 Å². The molecule has 4 nitrogen and oxygen atoms in total. The SMILES string of the molecule is Cc1nc(C(C)N)nc(C2C3CC4CC(C3)CC2C4)n1. The van der Waals surface area contributed by atoms with E-state index in [2.05, 4.69) is 9.97 Å². The van der Waals surface area contributed by atoms with Crippen molar-refractivity contribution in [1.29, 1.82) is 0 Å². The van der Waals surface area contributed by atoms with Gasteiger partial charge >= 0.3 is 0 Å². The van der Waals surface area contributed by atoms with Gasteiger partial charge in [-0.2, -0.15) is 0 Å². The van der Waals surface area contributed by atoms with Gasteiger partial charge in [0.15, 0.2) is 0 Å². The van der Waals surface area contributed by atoms with Crippen molar-refractivity contribution in [2.24, 2.45) is 29.4 Å². The fraction of sp³-hybridized carbons (Fsp3) is 0.812. The Morgan fingerprint density at radius 3 is 2.10 bits per heavy atom. The van der Waals surface area contributed by atoms with Gasteiger partial charge in [0.05, 0.1) is 6.04 Å². The maximum atomic E-state index is 5.97. The molecule has 0 radical (unpaired) electrons. The molecular weight excluding hydrogens is 248 g/mol. The average molecular weight is 272 g/mol. The molecule has 1 atom stereocenters. The first-order chi connectivity index (χ1) is 9.60. The van der Waals surface area contributed by atoms with Crippen LogP contribution in [0.1, 0.15) is 68.5 Å². The van der Waals surface area contributed by atoms with Crippen molar-refractivity contribution in [2.75, 3.05) is 0 Å². The minimum atomic E-state index is -0.104. The molecule has 5 rings (SSSR count). The molecule has 1 unspecified atom stereocenters. The van der Waals surface area contributed by atoms with Crippen LogP contribution in [-0.2, 0) is 0 Å². The molecule has 20 heavy (non-hydrogen) atoms. The van der Waals surface area contributed by atoms with Crippen LogP contribution >= 0.6 is 0 Å².